The van der Waals surface area contributed by atoms with Crippen molar-refractivity contribution in [2.24, 2.45) is 56.7 Å². The Kier molecular flexibility index (Phi) is 8.24. The Hall–Kier alpha value is -2.74. The molecule has 10 aliphatic carbocycles. The number of nitrogens with one attached hydrogen (secondary N) is 1. The number of aliphatic hydroxyl groups excluding tert-OH is 1. The molecule has 1 heterocycles. The van der Waals surface area contributed by atoms with E-state index in [1.165, 1.54) is 38.5 Å². The van der Waals surface area contributed by atoms with Crippen molar-refractivity contribution in [1.82, 2.24) is 10.2 Å². The Morgan fingerprint density at radius 1 is 0.855 bits per heavy atom. The molecule has 2 spiro atoms. The first kappa shape index (κ1) is 36.6. The molecule has 1 aromatic heterocycles. The van der Waals surface area contributed by atoms with Crippen LogP contribution in [0.2, 0.25) is 0 Å². The van der Waals surface area contributed by atoms with Gasteiger partial charge in [0.2, 0.25) is 0 Å². The van der Waals surface area contributed by atoms with Crippen LogP contribution in [0.5, 0.6) is 0 Å². The maximum Gasteiger partial charge on any atom is 0.317 e. The van der Waals surface area contributed by atoms with Crippen LogP contribution in [0.15, 0.2) is 66.3 Å². The molecule has 1 unspecified atom stereocenters. The Bertz CT molecular complexity index is 1920. The summed E-state index contributed by atoms with van der Waals surface area (Å²) in [5, 5.41) is 27.9. The van der Waals surface area contributed by atoms with Gasteiger partial charge in [-0.05, 0) is 155 Å². The molecule has 7 saturated carbocycles. The molecule has 6 bridgehead atoms. The van der Waals surface area contributed by atoms with Gasteiger partial charge < -0.3 is 20.4 Å². The highest BCUT2D eigenvalue weighted by molar-refractivity contribution is 7.14. The first-order valence-corrected chi connectivity index (χ1v) is 22.6. The molecule has 7 fully saturated rings. The summed E-state index contributed by atoms with van der Waals surface area (Å²) in [6, 6.07) is 14.1. The second-order valence-corrected chi connectivity index (χ2v) is 22.2. The number of allylic oxidation sites excluding steroid dienone is 4. The number of amides is 2. The van der Waals surface area contributed by atoms with E-state index in [2.05, 4.69) is 74.3 Å². The number of hydrogen-bond donors (Lipinski definition) is 3. The molecule has 7 heteroatoms. The third-order valence-corrected chi connectivity index (χ3v) is 19.0. The molecular weight excluding hydrogens is 701 g/mol. The number of Topliss-reactive ketones (excluding diaryl/α,β-unsaturated/α-hetero) is 1. The van der Waals surface area contributed by atoms with Crippen molar-refractivity contribution < 1.29 is 19.8 Å². The number of carbonyl (C=O) groups excluding carboxylic acids is 2. The zero-order chi connectivity index (χ0) is 38.2. The molecule has 10 aliphatic rings. The first-order chi connectivity index (χ1) is 26.2. The maximum absolute atomic E-state index is 14.9. The summed E-state index contributed by atoms with van der Waals surface area (Å²) in [6.07, 6.45) is 20.1. The number of nitrogens with zero attached hydrogens (tertiary/aromatic N) is 1. The quantitative estimate of drug-likeness (QED) is 0.185. The number of benzene rings is 1. The number of aryl methyl sites for hydroxylation is 1. The topological polar surface area (TPSA) is 89.9 Å². The van der Waals surface area contributed by atoms with E-state index in [0.717, 1.165) is 70.7 Å². The van der Waals surface area contributed by atoms with Gasteiger partial charge in [-0.2, -0.15) is 0 Å². The van der Waals surface area contributed by atoms with Gasteiger partial charge in [-0.3, -0.25) is 4.79 Å². The molecule has 2 aromatic rings. The van der Waals surface area contributed by atoms with Gasteiger partial charge in [-0.1, -0.05) is 62.4 Å². The maximum atomic E-state index is 14.9. The number of ketones is 1. The lowest BCUT2D eigenvalue weighted by atomic mass is 9.32. The van der Waals surface area contributed by atoms with Gasteiger partial charge in [-0.15, -0.1) is 11.3 Å². The first-order valence-electron chi connectivity index (χ1n) is 21.8. The summed E-state index contributed by atoms with van der Waals surface area (Å²) in [5.41, 5.74) is -0.381. The van der Waals surface area contributed by atoms with Crippen molar-refractivity contribution in [3.63, 3.8) is 0 Å². The molecule has 6 nitrogen and oxygen atoms in total. The molecule has 294 valence electrons. The smallest absolute Gasteiger partial charge is 0.317 e. The number of fused-ring (bicyclic) bond motifs is 1. The highest BCUT2D eigenvalue weighted by Crippen LogP contribution is 2.78. The van der Waals surface area contributed by atoms with Crippen LogP contribution in [-0.2, 0) is 0 Å². The fourth-order valence-corrected chi connectivity index (χ4v) is 16.6. The third-order valence-electron chi connectivity index (χ3n) is 18.0. The van der Waals surface area contributed by atoms with Crippen LogP contribution < -0.4 is 5.32 Å². The van der Waals surface area contributed by atoms with Crippen LogP contribution in [0.1, 0.15) is 130 Å². The molecule has 0 saturated heterocycles. The molecular formula is C48H62N2O4S. The van der Waals surface area contributed by atoms with Gasteiger partial charge in [0.05, 0.1) is 29.2 Å². The van der Waals surface area contributed by atoms with E-state index in [9.17, 15) is 19.8 Å². The fraction of sp³-hybridized carbons (Fsp3) is 0.667. The highest BCUT2D eigenvalue weighted by atomic mass is 32.1. The van der Waals surface area contributed by atoms with Gasteiger partial charge in [0.15, 0.2) is 5.78 Å². The number of aliphatic hydroxyl groups is 2. The van der Waals surface area contributed by atoms with Crippen molar-refractivity contribution in [2.75, 3.05) is 13.1 Å². The van der Waals surface area contributed by atoms with Crippen LogP contribution in [-0.4, -0.2) is 51.7 Å². The predicted octanol–water partition coefficient (Wildman–Crippen LogP) is 9.82. The summed E-state index contributed by atoms with van der Waals surface area (Å²) in [7, 11) is 0. The SMILES string of the molecule is Cc1ccc(C(=O)C2=C[C@@]34C=C[C@@]25[C@@H]2CC[C@@](O)(CN(CC67CC8CC(CC(C8)C6)C7)C(=O)N[C@H](C)c6ccccc6)[C@@]2(C)CC[C@@H]5[C@@]3(C)CCC(O)C4)s1. The van der Waals surface area contributed by atoms with Crippen LogP contribution in [0.25, 0.3) is 0 Å². The molecule has 1 aromatic carbocycles. The van der Waals surface area contributed by atoms with E-state index in [-0.39, 0.29) is 52.0 Å². The van der Waals surface area contributed by atoms with Gasteiger partial charge in [-0.25, -0.2) is 4.79 Å². The highest BCUT2D eigenvalue weighted by Gasteiger charge is 2.74. The van der Waals surface area contributed by atoms with Crippen LogP contribution in [0, 0.1) is 63.6 Å². The third kappa shape index (κ3) is 5.23. The van der Waals surface area contributed by atoms with Crippen molar-refractivity contribution in [2.45, 2.75) is 129 Å². The number of carbonyl (C=O) groups is 2. The molecule has 55 heavy (non-hydrogen) atoms. The molecule has 2 amide bonds. The summed E-state index contributed by atoms with van der Waals surface area (Å²) >= 11 is 1.58. The van der Waals surface area contributed by atoms with Crippen LogP contribution in [0.3, 0.4) is 0 Å². The van der Waals surface area contributed by atoms with E-state index in [1.807, 2.05) is 24.3 Å². The van der Waals surface area contributed by atoms with Crippen molar-refractivity contribution in [1.29, 1.82) is 0 Å². The average Bonchev–Trinajstić information content (AvgIpc) is 3.70. The summed E-state index contributed by atoms with van der Waals surface area (Å²) in [5.74, 6) is 2.77. The molecule has 3 N–H and O–H groups in total. The Morgan fingerprint density at radius 3 is 2.18 bits per heavy atom. The van der Waals surface area contributed by atoms with Gasteiger partial charge in [0.1, 0.15) is 0 Å². The van der Waals surface area contributed by atoms with Gasteiger partial charge >= 0.3 is 6.03 Å². The molecule has 0 aliphatic heterocycles. The summed E-state index contributed by atoms with van der Waals surface area (Å²) in [6.45, 7) is 9.94. The van der Waals surface area contributed by atoms with Crippen LogP contribution >= 0.6 is 11.3 Å². The van der Waals surface area contributed by atoms with Crippen molar-refractivity contribution in [3.8, 4) is 0 Å². The van der Waals surface area contributed by atoms with E-state index >= 15 is 0 Å². The normalized spacial score (nSPS) is 45.0. The molecule has 9 atom stereocenters. The Morgan fingerprint density at radius 2 is 1.51 bits per heavy atom. The standard InChI is InChI=1S/C48H62N2O4S/c1-30-10-11-38(55-30)41(52)37-27-46-18-19-48(37)39(43(46,3)15-12-36(51)26-46)13-16-44(4)40(48)14-17-47(44,54)29-50(42(53)49-31(2)35-8-6-5-7-9-35)28-45-23-32-20-33(24-45)22-34(21-32)25-45/h5-11,18-19,27,31-34,36,39-40,51,54H,12-17,20-26,28-29H2,1-4H3,(H,49,53)/t31-,32?,33?,34?,36?,39-,40-,43-,44+,45?,46+,47-,48-/m1/s1. The lowest BCUT2D eigenvalue weighted by Crippen LogP contribution is -2.67. The van der Waals surface area contributed by atoms with Crippen molar-refractivity contribution >= 4 is 23.2 Å². The van der Waals surface area contributed by atoms with E-state index in [4.69, 9.17) is 0 Å². The average molecular weight is 763 g/mol. The van der Waals surface area contributed by atoms with Crippen LogP contribution in [0.4, 0.5) is 4.79 Å². The van der Waals surface area contributed by atoms with E-state index < -0.39 is 16.4 Å². The minimum atomic E-state index is -1.09. The number of urea groups is 1. The zero-order valence-electron chi connectivity index (χ0n) is 33.5. The molecule has 0 radical (unpaired) electrons. The second-order valence-electron chi connectivity index (χ2n) is 20.9. The number of thiophene rings is 1. The summed E-state index contributed by atoms with van der Waals surface area (Å²) < 4.78 is 0. The lowest BCUT2D eigenvalue weighted by molar-refractivity contribution is -0.176. The monoisotopic (exact) mass is 762 g/mol. The minimum Gasteiger partial charge on any atom is -0.393 e. The van der Waals surface area contributed by atoms with Crippen molar-refractivity contribution in [3.05, 3.63) is 81.6 Å². The second kappa shape index (κ2) is 12.4. The number of rotatable bonds is 8. The largest absolute Gasteiger partial charge is 0.393 e. The van der Waals surface area contributed by atoms with Gasteiger partial charge in [0.25, 0.3) is 0 Å². The van der Waals surface area contributed by atoms with Gasteiger partial charge in [0, 0.05) is 33.2 Å². The fourth-order valence-electron chi connectivity index (χ4n) is 15.8. The lowest BCUT2D eigenvalue weighted by Gasteiger charge is -2.71. The Labute approximate surface area is 332 Å². The Balaban J connectivity index is 1.02. The zero-order valence-corrected chi connectivity index (χ0v) is 34.3. The number of hydrogen-bond acceptors (Lipinski definition) is 5. The molecule has 12 rings (SSSR count). The van der Waals surface area contributed by atoms with E-state index in [0.29, 0.717) is 25.9 Å². The summed E-state index contributed by atoms with van der Waals surface area (Å²) in [4.78, 5) is 33.7. The minimum absolute atomic E-state index is 0.0588. The van der Waals surface area contributed by atoms with E-state index in [1.54, 1.807) is 11.3 Å². The predicted molar refractivity (Wildman–Crippen MR) is 218 cm³/mol.